The summed E-state index contributed by atoms with van der Waals surface area (Å²) in [7, 11) is 0. The number of hydrogen-bond donors (Lipinski definition) is 1. The average Bonchev–Trinajstić information content (AvgIpc) is 2.22. The molecule has 2 aromatic rings. The first-order valence-electron chi connectivity index (χ1n) is 4.61. The van der Waals surface area contributed by atoms with Gasteiger partial charge >= 0.3 is 0 Å². The third-order valence-electron chi connectivity index (χ3n) is 1.82. The Bertz CT molecular complexity index is 374. The van der Waals surface area contributed by atoms with Gasteiger partial charge in [0.05, 0.1) is 0 Å². The molecule has 2 rings (SSSR count). The second kappa shape index (κ2) is 4.51. The van der Waals surface area contributed by atoms with Gasteiger partial charge in [-0.05, 0) is 11.5 Å². The Morgan fingerprint density at radius 2 is 1.46 bits per heavy atom. The second-order valence-corrected chi connectivity index (χ2v) is 2.57. The molecule has 0 aromatic heterocycles. The molecule has 0 saturated carbocycles. The molecular weight excluding hydrogens is 158 g/mol. The van der Waals surface area contributed by atoms with Crippen molar-refractivity contribution < 1.29 is 0 Å². The van der Waals surface area contributed by atoms with E-state index >= 15 is 0 Å². The van der Waals surface area contributed by atoms with Crippen LogP contribution in [0.2, 0.25) is 0 Å². The van der Waals surface area contributed by atoms with E-state index in [1.54, 1.807) is 0 Å². The number of anilines is 1. The third-order valence-corrected chi connectivity index (χ3v) is 1.82. The van der Waals surface area contributed by atoms with E-state index in [-0.39, 0.29) is 0 Å². The number of hydrogen-bond acceptors (Lipinski definition) is 1. The lowest BCUT2D eigenvalue weighted by molar-refractivity contribution is 1.50. The molecule has 1 heteroatoms. The van der Waals surface area contributed by atoms with Crippen LogP contribution in [-0.4, -0.2) is 0 Å². The van der Waals surface area contributed by atoms with Gasteiger partial charge in [-0.3, -0.25) is 0 Å². The van der Waals surface area contributed by atoms with Crippen molar-refractivity contribution in [1.29, 1.82) is 0 Å². The van der Waals surface area contributed by atoms with Crippen molar-refractivity contribution in [3.63, 3.8) is 0 Å². The topological polar surface area (TPSA) is 26.0 Å². The van der Waals surface area contributed by atoms with Gasteiger partial charge in [0, 0.05) is 11.1 Å². The Morgan fingerprint density at radius 3 is 2.15 bits per heavy atom. The van der Waals surface area contributed by atoms with Crippen molar-refractivity contribution in [1.82, 2.24) is 0 Å². The summed E-state index contributed by atoms with van der Waals surface area (Å²) in [6.07, 6.45) is 0. The highest BCUT2D eigenvalue weighted by Crippen LogP contribution is 2.19. The number of rotatable bonds is 0. The Morgan fingerprint density at radius 1 is 0.846 bits per heavy atom. The molecule has 0 aliphatic heterocycles. The summed E-state index contributed by atoms with van der Waals surface area (Å²) in [6, 6.07) is 14.1. The molecule has 0 radical (unpaired) electrons. The summed E-state index contributed by atoms with van der Waals surface area (Å²) < 4.78 is 0. The smallest absolute Gasteiger partial charge is 0.0393 e. The minimum absolute atomic E-state index is 0.850. The highest BCUT2D eigenvalue weighted by molar-refractivity contribution is 5.92. The lowest BCUT2D eigenvalue weighted by Crippen LogP contribution is -1.84. The second-order valence-electron chi connectivity index (χ2n) is 2.57. The van der Waals surface area contributed by atoms with Gasteiger partial charge in [-0.15, -0.1) is 0 Å². The zero-order valence-corrected chi connectivity index (χ0v) is 8.12. The number of benzene rings is 2. The van der Waals surface area contributed by atoms with Crippen LogP contribution in [0.3, 0.4) is 0 Å². The molecule has 1 nitrogen and oxygen atoms in total. The molecule has 0 fully saturated rings. The van der Waals surface area contributed by atoms with Crippen LogP contribution in [0.25, 0.3) is 10.8 Å². The van der Waals surface area contributed by atoms with E-state index in [9.17, 15) is 0 Å². The third kappa shape index (κ3) is 2.00. The highest BCUT2D eigenvalue weighted by Gasteiger charge is 1.92. The molecule has 0 spiro atoms. The van der Waals surface area contributed by atoms with Crippen LogP contribution in [0.1, 0.15) is 13.8 Å². The first-order valence-corrected chi connectivity index (χ1v) is 4.61. The molecular formula is C12H15N. The lowest BCUT2D eigenvalue weighted by Gasteiger charge is -1.98. The summed E-state index contributed by atoms with van der Waals surface area (Å²) in [5.41, 5.74) is 6.61. The van der Waals surface area contributed by atoms with Gasteiger partial charge in [0.1, 0.15) is 0 Å². The van der Waals surface area contributed by atoms with Crippen LogP contribution in [0, 0.1) is 0 Å². The summed E-state index contributed by atoms with van der Waals surface area (Å²) in [5.74, 6) is 0. The first-order chi connectivity index (χ1) is 6.38. The van der Waals surface area contributed by atoms with Crippen LogP contribution >= 0.6 is 0 Å². The van der Waals surface area contributed by atoms with Crippen molar-refractivity contribution in [3.8, 4) is 0 Å². The molecule has 0 heterocycles. The van der Waals surface area contributed by atoms with Crippen molar-refractivity contribution in [2.45, 2.75) is 13.8 Å². The Balaban J connectivity index is 0.000000396. The van der Waals surface area contributed by atoms with Crippen molar-refractivity contribution in [3.05, 3.63) is 42.5 Å². The van der Waals surface area contributed by atoms with Crippen LogP contribution in [0.5, 0.6) is 0 Å². The molecule has 0 bridgehead atoms. The summed E-state index contributed by atoms with van der Waals surface area (Å²) in [6.45, 7) is 4.00. The maximum Gasteiger partial charge on any atom is 0.0393 e. The van der Waals surface area contributed by atoms with Gasteiger partial charge in [0.2, 0.25) is 0 Å². The zero-order valence-electron chi connectivity index (χ0n) is 8.12. The summed E-state index contributed by atoms with van der Waals surface area (Å²) in [5, 5.41) is 2.34. The molecule has 2 N–H and O–H groups in total. The van der Waals surface area contributed by atoms with E-state index in [1.807, 2.05) is 44.2 Å². The number of nitrogen functional groups attached to an aromatic ring is 1. The minimum atomic E-state index is 0.850. The van der Waals surface area contributed by atoms with E-state index < -0.39 is 0 Å². The summed E-state index contributed by atoms with van der Waals surface area (Å²) >= 11 is 0. The molecule has 0 saturated heterocycles. The van der Waals surface area contributed by atoms with Gasteiger partial charge in [-0.2, -0.15) is 0 Å². The quantitative estimate of drug-likeness (QED) is 0.607. The number of nitrogens with two attached hydrogens (primary N) is 1. The molecule has 0 aliphatic carbocycles. The van der Waals surface area contributed by atoms with E-state index in [4.69, 9.17) is 5.73 Å². The van der Waals surface area contributed by atoms with Gasteiger partial charge < -0.3 is 5.73 Å². The fourth-order valence-corrected chi connectivity index (χ4v) is 1.25. The largest absolute Gasteiger partial charge is 0.398 e. The monoisotopic (exact) mass is 173 g/mol. The average molecular weight is 173 g/mol. The van der Waals surface area contributed by atoms with Gasteiger partial charge in [-0.25, -0.2) is 0 Å². The van der Waals surface area contributed by atoms with Gasteiger partial charge in [0.25, 0.3) is 0 Å². The van der Waals surface area contributed by atoms with Crippen molar-refractivity contribution in [2.75, 3.05) is 5.73 Å². The number of fused-ring (bicyclic) bond motifs is 1. The Hall–Kier alpha value is -1.50. The van der Waals surface area contributed by atoms with Crippen LogP contribution in [0.4, 0.5) is 5.69 Å². The lowest BCUT2D eigenvalue weighted by atomic mass is 10.1. The maximum atomic E-state index is 5.76. The van der Waals surface area contributed by atoms with Crippen LogP contribution in [0.15, 0.2) is 42.5 Å². The first kappa shape index (κ1) is 9.59. The predicted octanol–water partition coefficient (Wildman–Crippen LogP) is 3.45. The van der Waals surface area contributed by atoms with E-state index in [1.165, 1.54) is 5.39 Å². The predicted molar refractivity (Wildman–Crippen MR) is 59.7 cm³/mol. The van der Waals surface area contributed by atoms with Crippen LogP contribution in [-0.2, 0) is 0 Å². The van der Waals surface area contributed by atoms with E-state index in [0.29, 0.717) is 0 Å². The molecule has 0 atom stereocenters. The molecule has 0 unspecified atom stereocenters. The Labute approximate surface area is 79.2 Å². The van der Waals surface area contributed by atoms with E-state index in [0.717, 1.165) is 11.1 Å². The highest BCUT2D eigenvalue weighted by atomic mass is 14.5. The van der Waals surface area contributed by atoms with Crippen LogP contribution < -0.4 is 5.73 Å². The molecule has 68 valence electrons. The fraction of sp³-hybridized carbons (Fsp3) is 0.167. The SMILES string of the molecule is CC.Nc1cccc2ccccc12. The van der Waals surface area contributed by atoms with Crippen molar-refractivity contribution >= 4 is 16.5 Å². The fourth-order valence-electron chi connectivity index (χ4n) is 1.25. The standard InChI is InChI=1S/C10H9N.C2H6/c11-10-7-3-5-8-4-1-2-6-9(8)10;1-2/h1-7H,11H2;1-2H3. The normalized spacial score (nSPS) is 9.08. The van der Waals surface area contributed by atoms with E-state index in [2.05, 4.69) is 12.1 Å². The molecule has 0 amide bonds. The van der Waals surface area contributed by atoms with Gasteiger partial charge in [-0.1, -0.05) is 50.2 Å². The molecule has 13 heavy (non-hydrogen) atoms. The van der Waals surface area contributed by atoms with Crippen molar-refractivity contribution in [2.24, 2.45) is 0 Å². The Kier molecular flexibility index (Phi) is 3.32. The minimum Gasteiger partial charge on any atom is -0.398 e. The maximum absolute atomic E-state index is 5.76. The molecule has 0 aliphatic rings. The van der Waals surface area contributed by atoms with Gasteiger partial charge in [0.15, 0.2) is 0 Å². The summed E-state index contributed by atoms with van der Waals surface area (Å²) in [4.78, 5) is 0. The zero-order chi connectivity index (χ0) is 9.68. The molecule has 2 aromatic carbocycles.